The third kappa shape index (κ3) is 2.07. The van der Waals surface area contributed by atoms with Gasteiger partial charge in [-0.05, 0) is 13.0 Å². The molecule has 0 radical (unpaired) electrons. The SMILES string of the molecule is Cc1[nH]ncc1S(=O)(=O)N1CCC(=NO)c2ccccc21. The average molecular weight is 306 g/mol. The number of fused-ring (bicyclic) bond motifs is 1. The zero-order valence-electron chi connectivity index (χ0n) is 11.3. The van der Waals surface area contributed by atoms with Crippen molar-refractivity contribution in [3.8, 4) is 0 Å². The van der Waals surface area contributed by atoms with Gasteiger partial charge in [0.15, 0.2) is 0 Å². The molecular formula is C13H14N4O3S. The summed E-state index contributed by atoms with van der Waals surface area (Å²) < 4.78 is 26.9. The molecule has 110 valence electrons. The van der Waals surface area contributed by atoms with E-state index in [0.717, 1.165) is 0 Å². The fraction of sp³-hybridized carbons (Fsp3) is 0.231. The lowest BCUT2D eigenvalue weighted by Crippen LogP contribution is -2.37. The number of oxime groups is 1. The minimum atomic E-state index is -3.69. The van der Waals surface area contributed by atoms with Crippen LogP contribution in [0.5, 0.6) is 0 Å². The Morgan fingerprint density at radius 3 is 2.81 bits per heavy atom. The molecule has 2 heterocycles. The molecule has 0 spiro atoms. The monoisotopic (exact) mass is 306 g/mol. The van der Waals surface area contributed by atoms with Gasteiger partial charge in [0, 0.05) is 18.5 Å². The second kappa shape index (κ2) is 4.88. The molecule has 1 aromatic heterocycles. The summed E-state index contributed by atoms with van der Waals surface area (Å²) in [7, 11) is -3.69. The van der Waals surface area contributed by atoms with Crippen molar-refractivity contribution in [3.05, 3.63) is 41.7 Å². The standard InChI is InChI=1S/C13H14N4O3S/c1-9-13(8-14-15-9)21(19,20)17-7-6-11(16-18)10-4-2-3-5-12(10)17/h2-5,8,18H,6-7H2,1H3,(H,14,15). The summed E-state index contributed by atoms with van der Waals surface area (Å²) >= 11 is 0. The van der Waals surface area contributed by atoms with Crippen molar-refractivity contribution in [2.24, 2.45) is 5.16 Å². The summed E-state index contributed by atoms with van der Waals surface area (Å²) in [6.45, 7) is 1.89. The number of aryl methyl sites for hydroxylation is 1. The van der Waals surface area contributed by atoms with Crippen molar-refractivity contribution in [2.45, 2.75) is 18.2 Å². The molecule has 21 heavy (non-hydrogen) atoms. The van der Waals surface area contributed by atoms with Crippen LogP contribution in [-0.4, -0.2) is 36.1 Å². The predicted molar refractivity (Wildman–Crippen MR) is 77.2 cm³/mol. The molecule has 0 unspecified atom stereocenters. The summed E-state index contributed by atoms with van der Waals surface area (Å²) in [5.41, 5.74) is 2.11. The van der Waals surface area contributed by atoms with Crippen LogP contribution in [0.2, 0.25) is 0 Å². The average Bonchev–Trinajstić information content (AvgIpc) is 2.93. The Morgan fingerprint density at radius 1 is 1.38 bits per heavy atom. The number of para-hydroxylation sites is 1. The zero-order chi connectivity index (χ0) is 15.0. The van der Waals surface area contributed by atoms with Crippen molar-refractivity contribution < 1.29 is 13.6 Å². The Morgan fingerprint density at radius 2 is 2.14 bits per heavy atom. The molecule has 1 aromatic carbocycles. The van der Waals surface area contributed by atoms with Crippen LogP contribution >= 0.6 is 0 Å². The van der Waals surface area contributed by atoms with E-state index in [4.69, 9.17) is 5.21 Å². The molecule has 0 amide bonds. The summed E-state index contributed by atoms with van der Waals surface area (Å²) in [6, 6.07) is 6.98. The Hall–Kier alpha value is -2.35. The van der Waals surface area contributed by atoms with Gasteiger partial charge >= 0.3 is 0 Å². The fourth-order valence-corrected chi connectivity index (χ4v) is 4.08. The minimum absolute atomic E-state index is 0.154. The van der Waals surface area contributed by atoms with Gasteiger partial charge in [-0.15, -0.1) is 0 Å². The van der Waals surface area contributed by atoms with Crippen molar-refractivity contribution in [2.75, 3.05) is 10.8 Å². The summed E-state index contributed by atoms with van der Waals surface area (Å²) in [5.74, 6) is 0. The van der Waals surface area contributed by atoms with Gasteiger partial charge in [0.25, 0.3) is 10.0 Å². The summed E-state index contributed by atoms with van der Waals surface area (Å²) in [4.78, 5) is 0.154. The van der Waals surface area contributed by atoms with E-state index in [-0.39, 0.29) is 11.4 Å². The first-order valence-corrected chi connectivity index (χ1v) is 7.82. The maximum absolute atomic E-state index is 12.8. The number of nitrogens with zero attached hydrogens (tertiary/aromatic N) is 3. The van der Waals surface area contributed by atoms with Gasteiger partial charge in [-0.3, -0.25) is 9.40 Å². The van der Waals surface area contributed by atoms with Gasteiger partial charge in [-0.2, -0.15) is 5.10 Å². The number of H-pyrrole nitrogens is 1. The molecule has 1 aliphatic rings. The molecule has 2 N–H and O–H groups in total. The van der Waals surface area contributed by atoms with E-state index < -0.39 is 10.0 Å². The van der Waals surface area contributed by atoms with Crippen LogP contribution in [0, 0.1) is 6.92 Å². The Balaban J connectivity index is 2.15. The first kappa shape index (κ1) is 13.6. The first-order chi connectivity index (χ1) is 10.1. The molecule has 0 saturated carbocycles. The maximum Gasteiger partial charge on any atom is 0.267 e. The summed E-state index contributed by atoms with van der Waals surface area (Å²) in [5, 5.41) is 18.7. The van der Waals surface area contributed by atoms with Crippen LogP contribution in [0.1, 0.15) is 17.7 Å². The largest absolute Gasteiger partial charge is 0.411 e. The highest BCUT2D eigenvalue weighted by atomic mass is 32.2. The normalized spacial score (nSPS) is 17.0. The molecule has 7 nitrogen and oxygen atoms in total. The van der Waals surface area contributed by atoms with Gasteiger partial charge in [0.2, 0.25) is 0 Å². The predicted octanol–water partition coefficient (Wildman–Crippen LogP) is 1.50. The third-order valence-electron chi connectivity index (χ3n) is 3.51. The molecule has 3 rings (SSSR count). The minimum Gasteiger partial charge on any atom is -0.411 e. The van der Waals surface area contributed by atoms with E-state index in [2.05, 4.69) is 15.4 Å². The number of hydrogen-bond acceptors (Lipinski definition) is 5. The van der Waals surface area contributed by atoms with Crippen LogP contribution in [0.3, 0.4) is 0 Å². The first-order valence-electron chi connectivity index (χ1n) is 6.38. The number of nitrogens with one attached hydrogen (secondary N) is 1. The number of aromatic nitrogens is 2. The highest BCUT2D eigenvalue weighted by Crippen LogP contribution is 2.32. The number of hydrogen-bond donors (Lipinski definition) is 2. The topological polar surface area (TPSA) is 98.7 Å². The van der Waals surface area contributed by atoms with Crippen molar-refractivity contribution in [1.29, 1.82) is 0 Å². The van der Waals surface area contributed by atoms with Crippen LogP contribution in [0.25, 0.3) is 0 Å². The smallest absolute Gasteiger partial charge is 0.267 e. The second-order valence-electron chi connectivity index (χ2n) is 4.75. The van der Waals surface area contributed by atoms with E-state index >= 15 is 0 Å². The molecule has 0 saturated heterocycles. The second-order valence-corrected chi connectivity index (χ2v) is 6.58. The van der Waals surface area contributed by atoms with Crippen molar-refractivity contribution in [1.82, 2.24) is 10.2 Å². The van der Waals surface area contributed by atoms with Crippen molar-refractivity contribution in [3.63, 3.8) is 0 Å². The molecule has 1 aliphatic heterocycles. The molecule has 8 heteroatoms. The molecular weight excluding hydrogens is 292 g/mol. The quantitative estimate of drug-likeness (QED) is 0.648. The van der Waals surface area contributed by atoms with Gasteiger partial charge in [-0.25, -0.2) is 8.42 Å². The molecule has 0 aliphatic carbocycles. The summed E-state index contributed by atoms with van der Waals surface area (Å²) in [6.07, 6.45) is 1.66. The van der Waals surface area contributed by atoms with Gasteiger partial charge in [0.05, 0.1) is 23.3 Å². The van der Waals surface area contributed by atoms with Gasteiger partial charge < -0.3 is 5.21 Å². The van der Waals surface area contributed by atoms with E-state index in [1.165, 1.54) is 10.5 Å². The van der Waals surface area contributed by atoms with Gasteiger partial charge in [-0.1, -0.05) is 23.4 Å². The third-order valence-corrected chi connectivity index (χ3v) is 5.43. The molecule has 0 atom stereocenters. The van der Waals surface area contributed by atoms with E-state index in [1.54, 1.807) is 31.2 Å². The number of benzene rings is 1. The lowest BCUT2D eigenvalue weighted by atomic mass is 10.0. The fourth-order valence-electron chi connectivity index (χ4n) is 2.47. The highest BCUT2D eigenvalue weighted by Gasteiger charge is 2.33. The van der Waals surface area contributed by atoms with Crippen LogP contribution < -0.4 is 4.31 Å². The molecule has 0 fully saturated rings. The highest BCUT2D eigenvalue weighted by molar-refractivity contribution is 7.92. The lowest BCUT2D eigenvalue weighted by molar-refractivity contribution is 0.318. The Bertz CT molecular complexity index is 810. The van der Waals surface area contributed by atoms with E-state index in [0.29, 0.717) is 29.1 Å². The number of sulfonamides is 1. The zero-order valence-corrected chi connectivity index (χ0v) is 12.1. The van der Waals surface area contributed by atoms with E-state index in [9.17, 15) is 8.42 Å². The van der Waals surface area contributed by atoms with Gasteiger partial charge in [0.1, 0.15) is 4.90 Å². The van der Waals surface area contributed by atoms with Crippen LogP contribution in [0.4, 0.5) is 5.69 Å². The van der Waals surface area contributed by atoms with Crippen LogP contribution in [0.15, 0.2) is 40.5 Å². The Labute approximate surface area is 122 Å². The number of rotatable bonds is 2. The number of anilines is 1. The number of aromatic amines is 1. The van der Waals surface area contributed by atoms with Crippen LogP contribution in [-0.2, 0) is 10.0 Å². The Kier molecular flexibility index (Phi) is 3.17. The van der Waals surface area contributed by atoms with E-state index in [1.807, 2.05) is 0 Å². The van der Waals surface area contributed by atoms with Crippen molar-refractivity contribution >= 4 is 21.4 Å². The molecule has 2 aromatic rings. The maximum atomic E-state index is 12.8. The molecule has 0 bridgehead atoms. The lowest BCUT2D eigenvalue weighted by Gasteiger charge is -2.30.